The highest BCUT2D eigenvalue weighted by atomic mass is 32.2. The average molecular weight is 356 g/mol. The number of hydrogen-bond donors (Lipinski definition) is 2. The number of aryl methyl sites for hydroxylation is 1. The molecule has 0 bridgehead atoms. The van der Waals surface area contributed by atoms with Crippen molar-refractivity contribution in [3.05, 3.63) is 53.6 Å². The second-order valence-electron chi connectivity index (χ2n) is 5.09. The predicted molar refractivity (Wildman–Crippen MR) is 94.5 cm³/mol. The molecular formula is C18H16N2O4S. The molecule has 25 heavy (non-hydrogen) atoms. The van der Waals surface area contributed by atoms with Crippen molar-refractivity contribution in [3.8, 4) is 11.8 Å². The number of benzene rings is 2. The minimum atomic E-state index is -0.778. The summed E-state index contributed by atoms with van der Waals surface area (Å²) in [6.45, 7) is 1.30. The first-order valence-corrected chi connectivity index (χ1v) is 8.35. The van der Waals surface area contributed by atoms with Crippen LogP contribution in [0.4, 0.5) is 5.69 Å². The lowest BCUT2D eigenvalue weighted by Crippen LogP contribution is -2.21. The maximum absolute atomic E-state index is 12.0. The highest BCUT2D eigenvalue weighted by molar-refractivity contribution is 7.99. The van der Waals surface area contributed by atoms with E-state index in [4.69, 9.17) is 10.00 Å². The Labute approximate surface area is 149 Å². The molecule has 0 aliphatic rings. The molecule has 0 radical (unpaired) electrons. The van der Waals surface area contributed by atoms with Gasteiger partial charge in [0.05, 0.1) is 17.5 Å². The largest absolute Gasteiger partial charge is 0.507 e. The number of rotatable bonds is 6. The third kappa shape index (κ3) is 5.26. The molecule has 0 spiro atoms. The number of phenols is 1. The number of amides is 1. The molecule has 0 aliphatic heterocycles. The van der Waals surface area contributed by atoms with Crippen LogP contribution in [0.3, 0.4) is 0 Å². The summed E-state index contributed by atoms with van der Waals surface area (Å²) in [5.41, 5.74) is 1.35. The number of nitrogens with zero attached hydrogens (tertiary/aromatic N) is 1. The lowest BCUT2D eigenvalue weighted by molar-refractivity contribution is -0.119. The van der Waals surface area contributed by atoms with Gasteiger partial charge in [0.15, 0.2) is 6.61 Å². The Balaban J connectivity index is 1.95. The van der Waals surface area contributed by atoms with Gasteiger partial charge >= 0.3 is 5.97 Å². The number of phenolic OH excluding ortho intramolecular Hbond substituents is 1. The van der Waals surface area contributed by atoms with Crippen molar-refractivity contribution in [2.24, 2.45) is 0 Å². The van der Waals surface area contributed by atoms with Crippen LogP contribution in [0.25, 0.3) is 0 Å². The molecule has 2 aromatic rings. The predicted octanol–water partition coefficient (Wildman–Crippen LogP) is 3.11. The van der Waals surface area contributed by atoms with Crippen LogP contribution < -0.4 is 5.32 Å². The van der Waals surface area contributed by atoms with Gasteiger partial charge in [0.25, 0.3) is 5.91 Å². The van der Waals surface area contributed by atoms with Crippen LogP contribution in [-0.2, 0) is 9.53 Å². The van der Waals surface area contributed by atoms with Crippen molar-refractivity contribution >= 4 is 29.3 Å². The second-order valence-corrected chi connectivity index (χ2v) is 6.11. The van der Waals surface area contributed by atoms with Crippen molar-refractivity contribution < 1.29 is 19.4 Å². The third-order valence-electron chi connectivity index (χ3n) is 3.16. The molecule has 2 aromatic carbocycles. The number of nitriles is 1. The molecule has 0 saturated carbocycles. The first kappa shape index (κ1) is 18.4. The monoisotopic (exact) mass is 356 g/mol. The Morgan fingerprint density at radius 3 is 2.76 bits per heavy atom. The number of carbonyl (C=O) groups is 2. The summed E-state index contributed by atoms with van der Waals surface area (Å²) in [5, 5.41) is 21.0. The standard InChI is InChI=1S/C18H16N2O4S/c1-12-6-7-13(15(21)10-12)18(23)24-11-17(22)20-14-4-2-3-5-16(14)25-9-8-19/h2-7,10,21H,9,11H2,1H3,(H,20,22). The third-order valence-corrected chi connectivity index (χ3v) is 4.10. The van der Waals surface area contributed by atoms with Gasteiger partial charge in [0.2, 0.25) is 0 Å². The van der Waals surface area contributed by atoms with E-state index in [0.29, 0.717) is 5.69 Å². The van der Waals surface area contributed by atoms with Gasteiger partial charge in [0, 0.05) is 4.90 Å². The average Bonchev–Trinajstić information content (AvgIpc) is 2.59. The zero-order valence-corrected chi connectivity index (χ0v) is 14.3. The Morgan fingerprint density at radius 2 is 2.04 bits per heavy atom. The molecule has 0 saturated heterocycles. The Bertz CT molecular complexity index is 830. The minimum absolute atomic E-state index is 0.00313. The molecule has 0 aromatic heterocycles. The van der Waals surface area contributed by atoms with Crippen molar-refractivity contribution in [3.63, 3.8) is 0 Å². The molecule has 1 amide bonds. The number of esters is 1. The van der Waals surface area contributed by atoms with E-state index >= 15 is 0 Å². The van der Waals surface area contributed by atoms with Crippen LogP contribution in [0.2, 0.25) is 0 Å². The molecule has 2 rings (SSSR count). The molecule has 6 nitrogen and oxygen atoms in total. The van der Waals surface area contributed by atoms with Gasteiger partial charge in [-0.1, -0.05) is 18.2 Å². The zero-order valence-electron chi connectivity index (χ0n) is 13.5. The summed E-state index contributed by atoms with van der Waals surface area (Å²) in [4.78, 5) is 24.7. The van der Waals surface area contributed by atoms with Crippen LogP contribution in [0.15, 0.2) is 47.4 Å². The fourth-order valence-corrected chi connectivity index (χ4v) is 2.68. The number of ether oxygens (including phenoxy) is 1. The molecule has 128 valence electrons. The summed E-state index contributed by atoms with van der Waals surface area (Å²) in [6.07, 6.45) is 0. The topological polar surface area (TPSA) is 99.4 Å². The number of para-hydroxylation sites is 1. The lowest BCUT2D eigenvalue weighted by atomic mass is 10.1. The van der Waals surface area contributed by atoms with E-state index in [9.17, 15) is 14.7 Å². The molecular weight excluding hydrogens is 340 g/mol. The maximum Gasteiger partial charge on any atom is 0.342 e. The number of thioether (sulfide) groups is 1. The zero-order chi connectivity index (χ0) is 18.2. The van der Waals surface area contributed by atoms with Crippen molar-refractivity contribution in [1.82, 2.24) is 0 Å². The van der Waals surface area contributed by atoms with Gasteiger partial charge < -0.3 is 15.2 Å². The fourth-order valence-electron chi connectivity index (χ4n) is 2.02. The van der Waals surface area contributed by atoms with Gasteiger partial charge in [-0.15, -0.1) is 11.8 Å². The van der Waals surface area contributed by atoms with E-state index in [0.717, 1.165) is 10.5 Å². The lowest BCUT2D eigenvalue weighted by Gasteiger charge is -2.10. The van der Waals surface area contributed by atoms with E-state index < -0.39 is 18.5 Å². The maximum atomic E-state index is 12.0. The van der Waals surface area contributed by atoms with Crippen LogP contribution in [0, 0.1) is 18.3 Å². The van der Waals surface area contributed by atoms with Gasteiger partial charge in [-0.2, -0.15) is 5.26 Å². The second kappa shape index (κ2) is 8.76. The van der Waals surface area contributed by atoms with Crippen LogP contribution in [0.5, 0.6) is 5.75 Å². The summed E-state index contributed by atoms with van der Waals surface area (Å²) >= 11 is 1.30. The highest BCUT2D eigenvalue weighted by Crippen LogP contribution is 2.26. The normalized spacial score (nSPS) is 9.92. The van der Waals surface area contributed by atoms with Crippen molar-refractivity contribution in [2.45, 2.75) is 11.8 Å². The summed E-state index contributed by atoms with van der Waals surface area (Å²) in [5.74, 6) is -1.22. The van der Waals surface area contributed by atoms with E-state index in [1.165, 1.54) is 23.9 Å². The SMILES string of the molecule is Cc1ccc(C(=O)OCC(=O)Nc2ccccc2SCC#N)c(O)c1. The molecule has 0 atom stereocenters. The number of hydrogen-bond acceptors (Lipinski definition) is 6. The van der Waals surface area contributed by atoms with E-state index in [1.807, 2.05) is 6.07 Å². The molecule has 2 N–H and O–H groups in total. The van der Waals surface area contributed by atoms with Crippen LogP contribution in [-0.4, -0.2) is 29.3 Å². The van der Waals surface area contributed by atoms with Gasteiger partial charge in [-0.25, -0.2) is 4.79 Å². The summed E-state index contributed by atoms with van der Waals surface area (Å²) < 4.78 is 4.93. The summed E-state index contributed by atoms with van der Waals surface area (Å²) in [6, 6.07) is 13.6. The van der Waals surface area contributed by atoms with E-state index in [1.54, 1.807) is 37.3 Å². The number of aromatic hydroxyl groups is 1. The van der Waals surface area contributed by atoms with Crippen LogP contribution >= 0.6 is 11.8 Å². The van der Waals surface area contributed by atoms with Crippen molar-refractivity contribution in [2.75, 3.05) is 17.7 Å². The fraction of sp³-hybridized carbons (Fsp3) is 0.167. The smallest absolute Gasteiger partial charge is 0.342 e. The first-order chi connectivity index (χ1) is 12.0. The van der Waals surface area contributed by atoms with E-state index in [2.05, 4.69) is 5.32 Å². The molecule has 0 fully saturated rings. The minimum Gasteiger partial charge on any atom is -0.507 e. The quantitative estimate of drug-likeness (QED) is 0.609. The van der Waals surface area contributed by atoms with Gasteiger partial charge in [-0.05, 0) is 36.8 Å². The Kier molecular flexibility index (Phi) is 6.43. The molecule has 7 heteroatoms. The van der Waals surface area contributed by atoms with Gasteiger partial charge in [0.1, 0.15) is 11.3 Å². The Hall–Kier alpha value is -2.98. The highest BCUT2D eigenvalue weighted by Gasteiger charge is 2.15. The van der Waals surface area contributed by atoms with E-state index in [-0.39, 0.29) is 17.1 Å². The number of carbonyl (C=O) groups excluding carboxylic acids is 2. The number of anilines is 1. The first-order valence-electron chi connectivity index (χ1n) is 7.36. The summed E-state index contributed by atoms with van der Waals surface area (Å²) in [7, 11) is 0. The van der Waals surface area contributed by atoms with Crippen molar-refractivity contribution in [1.29, 1.82) is 5.26 Å². The van der Waals surface area contributed by atoms with Crippen LogP contribution in [0.1, 0.15) is 15.9 Å². The molecule has 0 aliphatic carbocycles. The molecule has 0 heterocycles. The Morgan fingerprint density at radius 1 is 1.28 bits per heavy atom. The molecule has 0 unspecified atom stereocenters. The number of nitrogens with one attached hydrogen (secondary N) is 1. The van der Waals surface area contributed by atoms with Gasteiger partial charge in [-0.3, -0.25) is 4.79 Å².